The van der Waals surface area contributed by atoms with E-state index in [2.05, 4.69) is 9.88 Å². The molecule has 4 nitrogen and oxygen atoms in total. The molecule has 1 aromatic rings. The largest absolute Gasteiger partial charge is 0.335 e. The first-order chi connectivity index (χ1) is 10.3. The second-order valence-electron chi connectivity index (χ2n) is 6.44. The van der Waals surface area contributed by atoms with E-state index in [1.54, 1.807) is 12.4 Å². The number of carbonyl (C=O) groups is 1. The maximum Gasteiger partial charge on any atom is 0.226 e. The molecule has 2 unspecified atom stereocenters. The van der Waals surface area contributed by atoms with Gasteiger partial charge in [0.15, 0.2) is 0 Å². The second kappa shape index (κ2) is 6.56. The molecular formula is C17H25N3O. The minimum absolute atomic E-state index is 0.145. The van der Waals surface area contributed by atoms with Crippen LogP contribution in [0.5, 0.6) is 0 Å². The second-order valence-corrected chi connectivity index (χ2v) is 6.44. The van der Waals surface area contributed by atoms with E-state index in [-0.39, 0.29) is 5.92 Å². The van der Waals surface area contributed by atoms with Crippen LogP contribution in [-0.2, 0) is 11.3 Å². The van der Waals surface area contributed by atoms with Gasteiger partial charge in [0.2, 0.25) is 5.91 Å². The van der Waals surface area contributed by atoms with Gasteiger partial charge in [-0.05, 0) is 55.8 Å². The summed E-state index contributed by atoms with van der Waals surface area (Å²) in [5, 5.41) is 0. The molecule has 2 aliphatic carbocycles. The van der Waals surface area contributed by atoms with Crippen LogP contribution in [0.2, 0.25) is 0 Å². The predicted molar refractivity (Wildman–Crippen MR) is 82.3 cm³/mol. The van der Waals surface area contributed by atoms with Crippen molar-refractivity contribution in [3.05, 3.63) is 30.1 Å². The molecule has 0 aliphatic heterocycles. The Labute approximate surface area is 126 Å². The fourth-order valence-electron chi connectivity index (χ4n) is 3.49. The standard InChI is InChI=1S/C17H25N3O/c18-11-14-3-1-2-4-16(14)17(21)20(15-5-6-15)12-13-7-9-19-10-8-13/h7-10,14-16H,1-6,11-12,18H2. The molecule has 0 bridgehead atoms. The Hall–Kier alpha value is -1.42. The van der Waals surface area contributed by atoms with Gasteiger partial charge in [-0.1, -0.05) is 12.8 Å². The van der Waals surface area contributed by atoms with Gasteiger partial charge in [-0.2, -0.15) is 0 Å². The Morgan fingerprint density at radius 1 is 1.19 bits per heavy atom. The van der Waals surface area contributed by atoms with Crippen molar-refractivity contribution in [2.24, 2.45) is 17.6 Å². The molecule has 1 amide bonds. The van der Waals surface area contributed by atoms with Crippen LogP contribution in [0.3, 0.4) is 0 Å². The van der Waals surface area contributed by atoms with E-state index in [0.717, 1.165) is 32.2 Å². The highest BCUT2D eigenvalue weighted by atomic mass is 16.2. The van der Waals surface area contributed by atoms with E-state index in [9.17, 15) is 4.79 Å². The molecule has 0 spiro atoms. The third-order valence-electron chi connectivity index (χ3n) is 4.90. The third kappa shape index (κ3) is 3.43. The van der Waals surface area contributed by atoms with E-state index >= 15 is 0 Å². The van der Waals surface area contributed by atoms with Crippen LogP contribution in [-0.4, -0.2) is 28.4 Å². The number of nitrogens with two attached hydrogens (primary N) is 1. The minimum Gasteiger partial charge on any atom is -0.335 e. The first-order valence-electron chi connectivity index (χ1n) is 8.19. The number of nitrogens with zero attached hydrogens (tertiary/aromatic N) is 2. The molecule has 0 aromatic carbocycles. The number of aromatic nitrogens is 1. The molecule has 21 heavy (non-hydrogen) atoms. The summed E-state index contributed by atoms with van der Waals surface area (Å²) in [4.78, 5) is 19.2. The lowest BCUT2D eigenvalue weighted by Gasteiger charge is -2.34. The Kier molecular flexibility index (Phi) is 4.54. The SMILES string of the molecule is NCC1CCCCC1C(=O)N(Cc1ccncc1)C1CC1. The van der Waals surface area contributed by atoms with Crippen LogP contribution in [0.25, 0.3) is 0 Å². The zero-order chi connectivity index (χ0) is 14.7. The van der Waals surface area contributed by atoms with Crippen molar-refractivity contribution < 1.29 is 4.79 Å². The van der Waals surface area contributed by atoms with E-state index in [0.29, 0.717) is 24.4 Å². The maximum absolute atomic E-state index is 13.0. The number of rotatable bonds is 5. The van der Waals surface area contributed by atoms with Gasteiger partial charge in [0.05, 0.1) is 0 Å². The van der Waals surface area contributed by atoms with Crippen LogP contribution in [0.4, 0.5) is 0 Å². The topological polar surface area (TPSA) is 59.2 Å². The van der Waals surface area contributed by atoms with Crippen molar-refractivity contribution in [1.82, 2.24) is 9.88 Å². The highest BCUT2D eigenvalue weighted by Crippen LogP contribution is 2.35. The Balaban J connectivity index is 1.72. The molecule has 2 fully saturated rings. The van der Waals surface area contributed by atoms with Crippen molar-refractivity contribution >= 4 is 5.91 Å². The third-order valence-corrected chi connectivity index (χ3v) is 4.90. The number of hydrogen-bond donors (Lipinski definition) is 1. The molecule has 3 rings (SSSR count). The van der Waals surface area contributed by atoms with Crippen LogP contribution in [0.15, 0.2) is 24.5 Å². The predicted octanol–water partition coefficient (Wildman–Crippen LogP) is 2.34. The smallest absolute Gasteiger partial charge is 0.226 e. The van der Waals surface area contributed by atoms with Crippen LogP contribution < -0.4 is 5.73 Å². The van der Waals surface area contributed by atoms with Crippen molar-refractivity contribution in [3.63, 3.8) is 0 Å². The fourth-order valence-corrected chi connectivity index (χ4v) is 3.49. The molecule has 4 heteroatoms. The lowest BCUT2D eigenvalue weighted by atomic mass is 9.78. The average molecular weight is 287 g/mol. The normalized spacial score (nSPS) is 25.6. The van der Waals surface area contributed by atoms with Crippen molar-refractivity contribution in [2.75, 3.05) is 6.54 Å². The van der Waals surface area contributed by atoms with Crippen molar-refractivity contribution in [3.8, 4) is 0 Å². The molecule has 0 radical (unpaired) electrons. The summed E-state index contributed by atoms with van der Waals surface area (Å²) in [5.74, 6) is 0.862. The number of pyridine rings is 1. The molecule has 2 aliphatic rings. The monoisotopic (exact) mass is 287 g/mol. The molecular weight excluding hydrogens is 262 g/mol. The highest BCUT2D eigenvalue weighted by Gasteiger charge is 2.39. The molecule has 2 saturated carbocycles. The van der Waals surface area contributed by atoms with Crippen LogP contribution in [0.1, 0.15) is 44.1 Å². The van der Waals surface area contributed by atoms with E-state index < -0.39 is 0 Å². The first kappa shape index (κ1) is 14.5. The Morgan fingerprint density at radius 3 is 2.57 bits per heavy atom. The maximum atomic E-state index is 13.0. The van der Waals surface area contributed by atoms with Crippen LogP contribution in [0, 0.1) is 11.8 Å². The zero-order valence-corrected chi connectivity index (χ0v) is 12.6. The Bertz CT molecular complexity index is 472. The molecule has 0 saturated heterocycles. The first-order valence-corrected chi connectivity index (χ1v) is 8.19. The molecule has 1 aromatic heterocycles. The van der Waals surface area contributed by atoms with Gasteiger partial charge in [0, 0.05) is 30.9 Å². The summed E-state index contributed by atoms with van der Waals surface area (Å²) in [5.41, 5.74) is 7.07. The number of amides is 1. The summed E-state index contributed by atoms with van der Waals surface area (Å²) in [6.45, 7) is 1.37. The minimum atomic E-state index is 0.145. The fraction of sp³-hybridized carbons (Fsp3) is 0.647. The van der Waals surface area contributed by atoms with Crippen molar-refractivity contribution in [1.29, 1.82) is 0 Å². The molecule has 2 atom stereocenters. The average Bonchev–Trinajstić information content (AvgIpc) is 3.37. The van der Waals surface area contributed by atoms with Gasteiger partial charge in [-0.3, -0.25) is 9.78 Å². The lowest BCUT2D eigenvalue weighted by Crippen LogP contribution is -2.43. The van der Waals surface area contributed by atoms with Gasteiger partial charge in [0.25, 0.3) is 0 Å². The molecule has 2 N–H and O–H groups in total. The lowest BCUT2D eigenvalue weighted by molar-refractivity contribution is -0.139. The summed E-state index contributed by atoms with van der Waals surface area (Å²) >= 11 is 0. The number of carbonyl (C=O) groups excluding carboxylic acids is 1. The molecule has 1 heterocycles. The quantitative estimate of drug-likeness (QED) is 0.904. The molecule has 114 valence electrons. The number of hydrogen-bond acceptors (Lipinski definition) is 3. The van der Waals surface area contributed by atoms with E-state index in [4.69, 9.17) is 5.73 Å². The van der Waals surface area contributed by atoms with Gasteiger partial charge in [-0.15, -0.1) is 0 Å². The zero-order valence-electron chi connectivity index (χ0n) is 12.6. The highest BCUT2D eigenvalue weighted by molar-refractivity contribution is 5.80. The van der Waals surface area contributed by atoms with Crippen molar-refractivity contribution in [2.45, 2.75) is 51.1 Å². The van der Waals surface area contributed by atoms with Gasteiger partial charge in [0.1, 0.15) is 0 Å². The summed E-state index contributed by atoms with van der Waals surface area (Å²) in [6, 6.07) is 4.46. The van der Waals surface area contributed by atoms with E-state index in [1.807, 2.05) is 12.1 Å². The van der Waals surface area contributed by atoms with Gasteiger partial charge in [-0.25, -0.2) is 0 Å². The van der Waals surface area contributed by atoms with Crippen LogP contribution >= 0.6 is 0 Å². The van der Waals surface area contributed by atoms with E-state index in [1.165, 1.54) is 18.4 Å². The summed E-state index contributed by atoms with van der Waals surface area (Å²) in [6.07, 6.45) is 10.4. The Morgan fingerprint density at radius 2 is 1.90 bits per heavy atom. The van der Waals surface area contributed by atoms with Gasteiger partial charge < -0.3 is 10.6 Å². The summed E-state index contributed by atoms with van der Waals surface area (Å²) in [7, 11) is 0. The summed E-state index contributed by atoms with van der Waals surface area (Å²) < 4.78 is 0. The van der Waals surface area contributed by atoms with Gasteiger partial charge >= 0.3 is 0 Å².